The second-order valence-corrected chi connectivity index (χ2v) is 8.58. The molecule has 0 spiro atoms. The van der Waals surface area contributed by atoms with Gasteiger partial charge in [0.05, 0.1) is 15.9 Å². The summed E-state index contributed by atoms with van der Waals surface area (Å²) in [6, 6.07) is 0. The molecule has 0 saturated heterocycles. The maximum absolute atomic E-state index is 4.80. The van der Waals surface area contributed by atoms with Crippen LogP contribution < -0.4 is 5.32 Å². The Morgan fingerprint density at radius 3 is 2.43 bits per heavy atom. The lowest BCUT2D eigenvalue weighted by atomic mass is 9.92. The smallest absolute Gasteiger partial charge is 0.144 e. The molecule has 1 aromatic heterocycles. The molecule has 1 N–H and O–H groups in total. The Labute approximate surface area is 142 Å². The van der Waals surface area contributed by atoms with Crippen molar-refractivity contribution in [2.75, 3.05) is 11.9 Å². The van der Waals surface area contributed by atoms with Gasteiger partial charge in [0.15, 0.2) is 0 Å². The van der Waals surface area contributed by atoms with Crippen molar-refractivity contribution < 1.29 is 0 Å². The monoisotopic (exact) mass is 373 g/mol. The van der Waals surface area contributed by atoms with E-state index in [2.05, 4.69) is 62.8 Å². The third kappa shape index (κ3) is 5.78. The first-order chi connectivity index (χ1) is 9.79. The van der Waals surface area contributed by atoms with Gasteiger partial charge >= 0.3 is 0 Å². The molecule has 0 radical (unpaired) electrons. The van der Waals surface area contributed by atoms with Gasteiger partial charge in [0.2, 0.25) is 0 Å². The van der Waals surface area contributed by atoms with Gasteiger partial charge in [-0.3, -0.25) is 0 Å². The summed E-state index contributed by atoms with van der Waals surface area (Å²) >= 11 is 5.60. The minimum atomic E-state index is 0.000205. The zero-order valence-corrected chi connectivity index (χ0v) is 16.5. The van der Waals surface area contributed by atoms with E-state index in [1.165, 1.54) is 6.42 Å². The van der Waals surface area contributed by atoms with Crippen molar-refractivity contribution in [3.63, 3.8) is 0 Å². The van der Waals surface area contributed by atoms with E-state index in [0.29, 0.717) is 5.25 Å². The quantitative estimate of drug-likeness (QED) is 0.694. The van der Waals surface area contributed by atoms with Crippen molar-refractivity contribution in [3.05, 3.63) is 16.0 Å². The molecule has 0 fully saturated rings. The molecule has 0 saturated carbocycles. The zero-order valence-electron chi connectivity index (χ0n) is 14.1. The molecule has 1 unspecified atom stereocenters. The summed E-state index contributed by atoms with van der Waals surface area (Å²) in [6.45, 7) is 14.1. The van der Waals surface area contributed by atoms with E-state index in [-0.39, 0.29) is 5.41 Å². The summed E-state index contributed by atoms with van der Waals surface area (Å²) in [7, 11) is 0. The lowest BCUT2D eigenvalue weighted by Crippen LogP contribution is -2.18. The molecule has 1 rings (SSSR count). The fraction of sp³-hybridized carbons (Fsp3) is 0.750. The summed E-state index contributed by atoms with van der Waals surface area (Å²) in [5, 5.41) is 4.05. The Kier molecular flexibility index (Phi) is 7.48. The lowest BCUT2D eigenvalue weighted by molar-refractivity contribution is 0.560. The molecular weight excluding hydrogens is 346 g/mol. The number of rotatable bonds is 7. The molecule has 1 atom stereocenters. The van der Waals surface area contributed by atoms with Crippen LogP contribution in [0.3, 0.4) is 0 Å². The maximum Gasteiger partial charge on any atom is 0.144 e. The van der Waals surface area contributed by atoms with Crippen LogP contribution in [0.25, 0.3) is 0 Å². The van der Waals surface area contributed by atoms with Gasteiger partial charge in [-0.25, -0.2) is 9.97 Å². The number of aromatic nitrogens is 2. The molecule has 0 amide bonds. The largest absolute Gasteiger partial charge is 0.369 e. The summed E-state index contributed by atoms with van der Waals surface area (Å²) in [6.07, 6.45) is 2.26. The highest BCUT2D eigenvalue weighted by Gasteiger charge is 2.23. The molecule has 0 aliphatic heterocycles. The minimum Gasteiger partial charge on any atom is -0.369 e. The molecule has 3 nitrogen and oxygen atoms in total. The van der Waals surface area contributed by atoms with Crippen molar-refractivity contribution in [3.8, 4) is 0 Å². The van der Waals surface area contributed by atoms with Crippen molar-refractivity contribution >= 4 is 33.5 Å². The predicted octanol–water partition coefficient (Wildman–Crippen LogP) is 5.39. The summed E-state index contributed by atoms with van der Waals surface area (Å²) < 4.78 is 1.00. The molecule has 0 aliphatic rings. The average Bonchev–Trinajstić information content (AvgIpc) is 2.43. The highest BCUT2D eigenvalue weighted by molar-refractivity contribution is 9.10. The topological polar surface area (TPSA) is 37.8 Å². The Balaban J connectivity index is 3.07. The SMILES string of the molecule is CCCNc1nc(CSC(C)CC)nc(C(C)(C)C)c1Br. The van der Waals surface area contributed by atoms with Gasteiger partial charge in [-0.15, -0.1) is 0 Å². The number of thioether (sulfide) groups is 1. The van der Waals surface area contributed by atoms with Gasteiger partial charge in [0, 0.05) is 17.2 Å². The Morgan fingerprint density at radius 2 is 1.90 bits per heavy atom. The third-order valence-corrected chi connectivity index (χ3v) is 5.30. The van der Waals surface area contributed by atoms with E-state index in [0.717, 1.165) is 40.5 Å². The standard InChI is InChI=1S/C16H28BrN3S/c1-7-9-18-15-13(17)14(16(4,5)6)19-12(20-15)10-21-11(3)8-2/h11H,7-10H2,1-6H3,(H,18,19,20). The van der Waals surface area contributed by atoms with Gasteiger partial charge in [-0.1, -0.05) is 41.5 Å². The molecular formula is C16H28BrN3S. The molecule has 5 heteroatoms. The normalized spacial score (nSPS) is 13.3. The molecule has 1 aromatic rings. The van der Waals surface area contributed by atoms with Gasteiger partial charge in [-0.05, 0) is 28.8 Å². The minimum absolute atomic E-state index is 0.000205. The highest BCUT2D eigenvalue weighted by atomic mass is 79.9. The number of halogens is 1. The number of nitrogens with one attached hydrogen (secondary N) is 1. The van der Waals surface area contributed by atoms with Gasteiger partial charge < -0.3 is 5.32 Å². The van der Waals surface area contributed by atoms with E-state index in [4.69, 9.17) is 9.97 Å². The molecule has 0 bridgehead atoms. The van der Waals surface area contributed by atoms with E-state index in [9.17, 15) is 0 Å². The lowest BCUT2D eigenvalue weighted by Gasteiger charge is -2.22. The van der Waals surface area contributed by atoms with Crippen molar-refractivity contribution in [1.29, 1.82) is 0 Å². The third-order valence-electron chi connectivity index (χ3n) is 3.22. The average molecular weight is 374 g/mol. The molecule has 0 aromatic carbocycles. The Bertz CT molecular complexity index is 458. The van der Waals surface area contributed by atoms with Gasteiger partial charge in [-0.2, -0.15) is 11.8 Å². The Hall–Kier alpha value is -0.290. The maximum atomic E-state index is 4.80. The van der Waals surface area contributed by atoms with E-state index >= 15 is 0 Å². The van der Waals surface area contributed by atoms with Crippen molar-refractivity contribution in [2.24, 2.45) is 0 Å². The van der Waals surface area contributed by atoms with Crippen LogP contribution in [0.1, 0.15) is 65.9 Å². The predicted molar refractivity (Wildman–Crippen MR) is 98.3 cm³/mol. The second kappa shape index (κ2) is 8.37. The number of hydrogen-bond donors (Lipinski definition) is 1. The number of anilines is 1. The first-order valence-electron chi connectivity index (χ1n) is 7.71. The van der Waals surface area contributed by atoms with Gasteiger partial charge in [0.25, 0.3) is 0 Å². The Morgan fingerprint density at radius 1 is 1.24 bits per heavy atom. The van der Waals surface area contributed by atoms with E-state index in [1.807, 2.05) is 11.8 Å². The van der Waals surface area contributed by atoms with Crippen LogP contribution in [0.15, 0.2) is 4.47 Å². The van der Waals surface area contributed by atoms with Crippen molar-refractivity contribution in [2.45, 2.75) is 70.8 Å². The molecule has 21 heavy (non-hydrogen) atoms. The fourth-order valence-electron chi connectivity index (χ4n) is 1.75. The fourth-order valence-corrected chi connectivity index (χ4v) is 3.46. The van der Waals surface area contributed by atoms with E-state index in [1.54, 1.807) is 0 Å². The van der Waals surface area contributed by atoms with Crippen LogP contribution in [-0.2, 0) is 11.2 Å². The first-order valence-corrected chi connectivity index (χ1v) is 9.56. The number of nitrogens with zero attached hydrogens (tertiary/aromatic N) is 2. The van der Waals surface area contributed by atoms with Crippen LogP contribution in [0.5, 0.6) is 0 Å². The molecule has 1 heterocycles. The van der Waals surface area contributed by atoms with Crippen LogP contribution in [0.4, 0.5) is 5.82 Å². The van der Waals surface area contributed by atoms with Crippen LogP contribution in [0.2, 0.25) is 0 Å². The summed E-state index contributed by atoms with van der Waals surface area (Å²) in [5.74, 6) is 2.72. The van der Waals surface area contributed by atoms with Gasteiger partial charge in [0.1, 0.15) is 11.6 Å². The van der Waals surface area contributed by atoms with Crippen molar-refractivity contribution in [1.82, 2.24) is 9.97 Å². The van der Waals surface area contributed by atoms with Crippen LogP contribution in [0, 0.1) is 0 Å². The number of hydrogen-bond acceptors (Lipinski definition) is 4. The van der Waals surface area contributed by atoms with Crippen LogP contribution >= 0.6 is 27.7 Å². The molecule has 0 aliphatic carbocycles. The molecule has 120 valence electrons. The second-order valence-electron chi connectivity index (χ2n) is 6.36. The van der Waals surface area contributed by atoms with E-state index < -0.39 is 0 Å². The summed E-state index contributed by atoms with van der Waals surface area (Å²) in [4.78, 5) is 9.50. The van der Waals surface area contributed by atoms with Crippen LogP contribution in [-0.4, -0.2) is 21.8 Å². The highest BCUT2D eigenvalue weighted by Crippen LogP contribution is 2.33. The zero-order chi connectivity index (χ0) is 16.0. The summed E-state index contributed by atoms with van der Waals surface area (Å²) in [5.41, 5.74) is 1.08. The first kappa shape index (κ1) is 18.8.